The summed E-state index contributed by atoms with van der Waals surface area (Å²) < 4.78 is 16.6. The molecule has 1 atom stereocenters. The second kappa shape index (κ2) is 9.69. The molecule has 0 spiro atoms. The van der Waals surface area contributed by atoms with Crippen molar-refractivity contribution in [3.63, 3.8) is 0 Å². The maximum absolute atomic E-state index is 13.1. The van der Waals surface area contributed by atoms with Crippen molar-refractivity contribution in [2.75, 3.05) is 13.2 Å². The molecule has 0 unspecified atom stereocenters. The summed E-state index contributed by atoms with van der Waals surface area (Å²) in [6, 6.07) is 7.01. The highest BCUT2D eigenvalue weighted by Crippen LogP contribution is 2.19. The molecule has 30 heavy (non-hydrogen) atoms. The van der Waals surface area contributed by atoms with Gasteiger partial charge in [-0.1, -0.05) is 16.8 Å². The number of aromatic nitrogens is 3. The number of nitrogens with zero attached hydrogens (tertiary/aromatic N) is 4. The van der Waals surface area contributed by atoms with Crippen LogP contribution in [0.1, 0.15) is 34.7 Å². The zero-order valence-corrected chi connectivity index (χ0v) is 17.0. The molecule has 0 radical (unpaired) electrons. The average Bonchev–Trinajstić information content (AvgIpc) is 3.44. The van der Waals surface area contributed by atoms with Crippen LogP contribution in [-0.4, -0.2) is 45.2 Å². The Balaban J connectivity index is 1.43. The lowest BCUT2D eigenvalue weighted by atomic mass is 10.2. The molecule has 0 bridgehead atoms. The van der Waals surface area contributed by atoms with E-state index in [0.717, 1.165) is 25.0 Å². The van der Waals surface area contributed by atoms with Crippen molar-refractivity contribution in [1.82, 2.24) is 20.0 Å². The first-order valence-electron chi connectivity index (χ1n) is 9.66. The van der Waals surface area contributed by atoms with Crippen LogP contribution in [0.4, 0.5) is 0 Å². The zero-order valence-electron chi connectivity index (χ0n) is 16.2. The van der Waals surface area contributed by atoms with Gasteiger partial charge in [0.2, 0.25) is 0 Å². The molecule has 0 N–H and O–H groups in total. The Bertz CT molecular complexity index is 976. The molecule has 0 aliphatic carbocycles. The standard InChI is InChI=1S/C21H21ClN4O4/c22-16-8-18(11-24-10-16)29-14-19-9-20(25-30-19)21(27)26(13-17-2-1-7-28-17)12-15-3-5-23-6-4-15/h3-6,8-11,17H,1-2,7,12-14H2/t17-/m0/s1. The summed E-state index contributed by atoms with van der Waals surface area (Å²) >= 11 is 5.90. The van der Waals surface area contributed by atoms with Crippen LogP contribution in [0.3, 0.4) is 0 Å². The van der Waals surface area contributed by atoms with Crippen molar-refractivity contribution in [2.45, 2.75) is 32.1 Å². The Kier molecular flexibility index (Phi) is 6.56. The van der Waals surface area contributed by atoms with Crippen molar-refractivity contribution in [1.29, 1.82) is 0 Å². The van der Waals surface area contributed by atoms with Crippen LogP contribution in [0, 0.1) is 0 Å². The van der Waals surface area contributed by atoms with Gasteiger partial charge in [-0.2, -0.15) is 0 Å². The Morgan fingerprint density at radius 1 is 1.23 bits per heavy atom. The average molecular weight is 429 g/mol. The van der Waals surface area contributed by atoms with Crippen LogP contribution in [0.2, 0.25) is 5.02 Å². The number of amides is 1. The Morgan fingerprint density at radius 2 is 2.10 bits per heavy atom. The van der Waals surface area contributed by atoms with Gasteiger partial charge in [0.25, 0.3) is 5.91 Å². The predicted octanol–water partition coefficient (Wildman–Crippen LogP) is 3.52. The van der Waals surface area contributed by atoms with E-state index in [1.165, 1.54) is 6.20 Å². The van der Waals surface area contributed by atoms with Crippen LogP contribution in [0.25, 0.3) is 0 Å². The monoisotopic (exact) mass is 428 g/mol. The molecule has 3 aromatic rings. The molecule has 1 saturated heterocycles. The summed E-state index contributed by atoms with van der Waals surface area (Å²) in [5.41, 5.74) is 1.21. The number of ether oxygens (including phenoxy) is 2. The van der Waals surface area contributed by atoms with E-state index in [1.807, 2.05) is 12.1 Å². The van der Waals surface area contributed by atoms with Crippen molar-refractivity contribution < 1.29 is 18.8 Å². The van der Waals surface area contributed by atoms with E-state index >= 15 is 0 Å². The minimum absolute atomic E-state index is 0.0285. The number of hydrogen-bond acceptors (Lipinski definition) is 7. The van der Waals surface area contributed by atoms with Crippen molar-refractivity contribution >= 4 is 17.5 Å². The predicted molar refractivity (Wildman–Crippen MR) is 108 cm³/mol. The van der Waals surface area contributed by atoms with Gasteiger partial charge in [-0.25, -0.2) is 0 Å². The number of carbonyl (C=O) groups excluding carboxylic acids is 1. The van der Waals surface area contributed by atoms with Crippen molar-refractivity contribution in [3.8, 4) is 5.75 Å². The van der Waals surface area contributed by atoms with E-state index in [2.05, 4.69) is 15.1 Å². The molecule has 156 valence electrons. The van der Waals surface area contributed by atoms with Crippen LogP contribution in [0.5, 0.6) is 5.75 Å². The topological polar surface area (TPSA) is 90.6 Å². The largest absolute Gasteiger partial charge is 0.484 e. The van der Waals surface area contributed by atoms with E-state index in [-0.39, 0.29) is 24.3 Å². The maximum Gasteiger partial charge on any atom is 0.276 e. The van der Waals surface area contributed by atoms with E-state index in [1.54, 1.807) is 35.6 Å². The highest BCUT2D eigenvalue weighted by Gasteiger charge is 2.26. The van der Waals surface area contributed by atoms with E-state index in [0.29, 0.717) is 29.6 Å². The highest BCUT2D eigenvalue weighted by atomic mass is 35.5. The molecule has 4 rings (SSSR count). The van der Waals surface area contributed by atoms with E-state index < -0.39 is 0 Å². The number of pyridine rings is 2. The van der Waals surface area contributed by atoms with Gasteiger partial charge in [-0.05, 0) is 30.5 Å². The van der Waals surface area contributed by atoms with Crippen molar-refractivity contribution in [2.24, 2.45) is 0 Å². The molecule has 1 fully saturated rings. The summed E-state index contributed by atoms with van der Waals surface area (Å²) in [6.07, 6.45) is 8.45. The van der Waals surface area contributed by atoms with Gasteiger partial charge in [-0.3, -0.25) is 14.8 Å². The fourth-order valence-corrected chi connectivity index (χ4v) is 3.40. The van der Waals surface area contributed by atoms with E-state index in [4.69, 9.17) is 25.6 Å². The summed E-state index contributed by atoms with van der Waals surface area (Å²) in [4.78, 5) is 22.9. The lowest BCUT2D eigenvalue weighted by Gasteiger charge is -2.24. The van der Waals surface area contributed by atoms with Gasteiger partial charge >= 0.3 is 0 Å². The number of carbonyl (C=O) groups is 1. The first-order chi connectivity index (χ1) is 14.7. The molecule has 9 heteroatoms. The molecule has 0 aromatic carbocycles. The number of hydrogen-bond donors (Lipinski definition) is 0. The second-order valence-electron chi connectivity index (χ2n) is 6.98. The first-order valence-corrected chi connectivity index (χ1v) is 10.0. The van der Waals surface area contributed by atoms with Crippen LogP contribution >= 0.6 is 11.6 Å². The summed E-state index contributed by atoms with van der Waals surface area (Å²) in [7, 11) is 0. The fourth-order valence-electron chi connectivity index (χ4n) is 3.23. The molecule has 1 amide bonds. The Labute approximate surface area is 178 Å². The molecule has 3 aromatic heterocycles. The SMILES string of the molecule is O=C(c1cc(COc2cncc(Cl)c2)on1)N(Cc1ccncc1)C[C@@H]1CCCO1. The van der Waals surface area contributed by atoms with Gasteiger partial charge in [0.15, 0.2) is 11.5 Å². The zero-order chi connectivity index (χ0) is 20.8. The van der Waals surface area contributed by atoms with Crippen LogP contribution < -0.4 is 4.74 Å². The third-order valence-corrected chi connectivity index (χ3v) is 4.90. The molecular formula is C21H21ClN4O4. The maximum atomic E-state index is 13.1. The fraction of sp³-hybridized carbons (Fsp3) is 0.333. The van der Waals surface area contributed by atoms with Gasteiger partial charge in [0, 0.05) is 50.4 Å². The smallest absolute Gasteiger partial charge is 0.276 e. The minimum Gasteiger partial charge on any atom is -0.484 e. The van der Waals surface area contributed by atoms with Crippen LogP contribution in [0.15, 0.2) is 53.6 Å². The second-order valence-corrected chi connectivity index (χ2v) is 7.42. The molecule has 8 nitrogen and oxygen atoms in total. The number of halogens is 1. The van der Waals surface area contributed by atoms with Gasteiger partial charge in [0.05, 0.1) is 17.3 Å². The van der Waals surface area contributed by atoms with Gasteiger partial charge < -0.3 is 18.9 Å². The third-order valence-electron chi connectivity index (χ3n) is 4.70. The molecule has 0 saturated carbocycles. The Hall–Kier alpha value is -2.97. The summed E-state index contributed by atoms with van der Waals surface area (Å²) in [5.74, 6) is 0.713. The summed E-state index contributed by atoms with van der Waals surface area (Å²) in [6.45, 7) is 1.77. The Morgan fingerprint density at radius 3 is 2.87 bits per heavy atom. The molecular weight excluding hydrogens is 408 g/mol. The molecule has 4 heterocycles. The normalized spacial score (nSPS) is 15.8. The van der Waals surface area contributed by atoms with Gasteiger partial charge in [-0.15, -0.1) is 0 Å². The van der Waals surface area contributed by atoms with Gasteiger partial charge in [0.1, 0.15) is 12.4 Å². The lowest BCUT2D eigenvalue weighted by molar-refractivity contribution is 0.0499. The van der Waals surface area contributed by atoms with E-state index in [9.17, 15) is 4.79 Å². The highest BCUT2D eigenvalue weighted by molar-refractivity contribution is 6.30. The minimum atomic E-state index is -0.221. The quantitative estimate of drug-likeness (QED) is 0.542. The van der Waals surface area contributed by atoms with Crippen molar-refractivity contribution in [3.05, 3.63) is 71.1 Å². The lowest BCUT2D eigenvalue weighted by Crippen LogP contribution is -2.37. The summed E-state index contributed by atoms with van der Waals surface area (Å²) in [5, 5.41) is 4.42. The first kappa shape index (κ1) is 20.3. The molecule has 1 aliphatic rings. The van der Waals surface area contributed by atoms with Crippen LogP contribution in [-0.2, 0) is 17.9 Å². The number of rotatable bonds is 8. The third kappa shape index (κ3) is 5.34. The molecule has 1 aliphatic heterocycles.